The van der Waals surface area contributed by atoms with Crippen molar-refractivity contribution in [1.29, 1.82) is 5.26 Å². The third-order valence-electron chi connectivity index (χ3n) is 3.10. The van der Waals surface area contributed by atoms with E-state index in [4.69, 9.17) is 5.26 Å². The highest BCUT2D eigenvalue weighted by Gasteiger charge is 2.24. The normalized spacial score (nSPS) is 20.1. The van der Waals surface area contributed by atoms with E-state index in [9.17, 15) is 4.79 Å². The number of carbonyl (C=O) groups is 1. The number of nitrogens with zero attached hydrogens (tertiary/aromatic N) is 3. The van der Waals surface area contributed by atoms with Crippen LogP contribution >= 0.6 is 0 Å². The highest BCUT2D eigenvalue weighted by atomic mass is 16.2. The predicted molar refractivity (Wildman–Crippen MR) is 62.9 cm³/mol. The Kier molecular flexibility index (Phi) is 3.71. The number of piperidine rings is 1. The van der Waals surface area contributed by atoms with Crippen LogP contribution < -0.4 is 0 Å². The summed E-state index contributed by atoms with van der Waals surface area (Å²) in [7, 11) is 0. The Balaban J connectivity index is 1.90. The first-order valence-corrected chi connectivity index (χ1v) is 5.86. The van der Waals surface area contributed by atoms with Crippen LogP contribution in [-0.2, 0) is 11.2 Å². The molecule has 2 heterocycles. The number of aromatic nitrogens is 1. The lowest BCUT2D eigenvalue weighted by molar-refractivity contribution is -0.134. The topological polar surface area (TPSA) is 57.0 Å². The Bertz CT molecular complexity index is 424. The van der Waals surface area contributed by atoms with E-state index in [2.05, 4.69) is 11.1 Å². The van der Waals surface area contributed by atoms with Crippen LogP contribution in [0.25, 0.3) is 0 Å². The van der Waals surface area contributed by atoms with Gasteiger partial charge in [-0.15, -0.1) is 0 Å². The van der Waals surface area contributed by atoms with E-state index in [1.807, 2.05) is 12.1 Å². The van der Waals surface area contributed by atoms with Gasteiger partial charge in [0.1, 0.15) is 0 Å². The van der Waals surface area contributed by atoms with Crippen LogP contribution in [0.3, 0.4) is 0 Å². The smallest absolute Gasteiger partial charge is 0.222 e. The van der Waals surface area contributed by atoms with Crippen LogP contribution in [0.5, 0.6) is 0 Å². The van der Waals surface area contributed by atoms with Gasteiger partial charge in [-0.05, 0) is 30.5 Å². The van der Waals surface area contributed by atoms with Gasteiger partial charge in [0.05, 0.1) is 12.0 Å². The molecular weight excluding hydrogens is 214 g/mol. The maximum absolute atomic E-state index is 11.7. The molecule has 4 nitrogen and oxygen atoms in total. The summed E-state index contributed by atoms with van der Waals surface area (Å²) in [6, 6.07) is 6.16. The third kappa shape index (κ3) is 3.04. The molecule has 0 N–H and O–H groups in total. The number of carbonyl (C=O) groups excluding carboxylic acids is 1. The first-order valence-electron chi connectivity index (χ1n) is 5.86. The average molecular weight is 229 g/mol. The van der Waals surface area contributed by atoms with Crippen molar-refractivity contribution in [2.75, 3.05) is 13.1 Å². The van der Waals surface area contributed by atoms with Crippen molar-refractivity contribution in [2.24, 2.45) is 5.92 Å². The van der Waals surface area contributed by atoms with Crippen molar-refractivity contribution in [3.63, 3.8) is 0 Å². The molecule has 1 unspecified atom stereocenters. The lowest BCUT2D eigenvalue weighted by Gasteiger charge is -2.29. The SMILES string of the molecule is N#CC1CCC(=O)N(CCc2ccncc2)C1. The molecule has 1 aromatic heterocycles. The van der Waals surface area contributed by atoms with E-state index >= 15 is 0 Å². The zero-order chi connectivity index (χ0) is 12.1. The van der Waals surface area contributed by atoms with E-state index in [0.29, 0.717) is 25.9 Å². The summed E-state index contributed by atoms with van der Waals surface area (Å²) >= 11 is 0. The molecule has 88 valence electrons. The molecule has 1 saturated heterocycles. The first-order chi connectivity index (χ1) is 8.29. The van der Waals surface area contributed by atoms with E-state index in [0.717, 1.165) is 6.42 Å². The van der Waals surface area contributed by atoms with Gasteiger partial charge in [0.2, 0.25) is 5.91 Å². The minimum atomic E-state index is 0.00476. The number of pyridine rings is 1. The molecule has 1 fully saturated rings. The van der Waals surface area contributed by atoms with Gasteiger partial charge in [-0.25, -0.2) is 0 Å². The molecule has 0 saturated carbocycles. The first kappa shape index (κ1) is 11.6. The maximum atomic E-state index is 11.7. The summed E-state index contributed by atoms with van der Waals surface area (Å²) in [6.07, 6.45) is 5.55. The maximum Gasteiger partial charge on any atom is 0.222 e. The molecule has 4 heteroatoms. The van der Waals surface area contributed by atoms with Gasteiger partial charge in [0.15, 0.2) is 0 Å². The molecule has 1 aromatic rings. The zero-order valence-electron chi connectivity index (χ0n) is 9.67. The minimum absolute atomic E-state index is 0.00476. The second-order valence-corrected chi connectivity index (χ2v) is 4.31. The van der Waals surface area contributed by atoms with Crippen molar-refractivity contribution in [3.8, 4) is 6.07 Å². The molecule has 0 bridgehead atoms. The second-order valence-electron chi connectivity index (χ2n) is 4.31. The fourth-order valence-corrected chi connectivity index (χ4v) is 2.05. The van der Waals surface area contributed by atoms with E-state index in [1.165, 1.54) is 5.56 Å². The van der Waals surface area contributed by atoms with Gasteiger partial charge in [0.25, 0.3) is 0 Å². The Hall–Kier alpha value is -1.89. The highest BCUT2D eigenvalue weighted by molar-refractivity contribution is 5.77. The van der Waals surface area contributed by atoms with Crippen LogP contribution in [0.15, 0.2) is 24.5 Å². The van der Waals surface area contributed by atoms with Crippen LogP contribution in [0.2, 0.25) is 0 Å². The van der Waals surface area contributed by atoms with E-state index in [-0.39, 0.29) is 11.8 Å². The fourth-order valence-electron chi connectivity index (χ4n) is 2.05. The molecule has 1 aliphatic heterocycles. The van der Waals surface area contributed by atoms with Crippen molar-refractivity contribution < 1.29 is 4.79 Å². The molecule has 0 aliphatic carbocycles. The molecular formula is C13H15N3O. The monoisotopic (exact) mass is 229 g/mol. The quantitative estimate of drug-likeness (QED) is 0.787. The highest BCUT2D eigenvalue weighted by Crippen LogP contribution is 2.17. The summed E-state index contributed by atoms with van der Waals surface area (Å²) in [5.74, 6) is 0.177. The number of hydrogen-bond donors (Lipinski definition) is 0. The number of likely N-dealkylation sites (tertiary alicyclic amines) is 1. The van der Waals surface area contributed by atoms with Gasteiger partial charge in [-0.3, -0.25) is 9.78 Å². The van der Waals surface area contributed by atoms with E-state index in [1.54, 1.807) is 17.3 Å². The third-order valence-corrected chi connectivity index (χ3v) is 3.10. The Morgan fingerprint density at radius 1 is 1.47 bits per heavy atom. The Morgan fingerprint density at radius 2 is 2.24 bits per heavy atom. The van der Waals surface area contributed by atoms with Crippen LogP contribution in [-0.4, -0.2) is 28.9 Å². The lowest BCUT2D eigenvalue weighted by atomic mass is 9.99. The van der Waals surface area contributed by atoms with Gasteiger partial charge < -0.3 is 4.90 Å². The summed E-state index contributed by atoms with van der Waals surface area (Å²) < 4.78 is 0. The summed E-state index contributed by atoms with van der Waals surface area (Å²) in [5.41, 5.74) is 1.17. The molecule has 1 aliphatic rings. The van der Waals surface area contributed by atoms with Crippen molar-refractivity contribution in [2.45, 2.75) is 19.3 Å². The standard InChI is InChI=1S/C13H15N3O/c14-9-12-1-2-13(17)16(10-12)8-5-11-3-6-15-7-4-11/h3-4,6-7,12H,1-2,5,8,10H2. The molecule has 0 spiro atoms. The summed E-state index contributed by atoms with van der Waals surface area (Å²) in [4.78, 5) is 17.4. The fraction of sp³-hybridized carbons (Fsp3) is 0.462. The lowest BCUT2D eigenvalue weighted by Crippen LogP contribution is -2.40. The average Bonchev–Trinajstić information content (AvgIpc) is 2.39. The van der Waals surface area contributed by atoms with Gasteiger partial charge in [0, 0.05) is 31.9 Å². The van der Waals surface area contributed by atoms with Gasteiger partial charge >= 0.3 is 0 Å². The molecule has 1 atom stereocenters. The number of nitriles is 1. The molecule has 2 rings (SSSR count). The summed E-state index contributed by atoms with van der Waals surface area (Å²) in [6.45, 7) is 1.28. The Labute approximate surface area is 101 Å². The predicted octanol–water partition coefficient (Wildman–Crippen LogP) is 1.39. The Morgan fingerprint density at radius 3 is 2.94 bits per heavy atom. The molecule has 1 amide bonds. The van der Waals surface area contributed by atoms with Crippen molar-refractivity contribution in [1.82, 2.24) is 9.88 Å². The number of rotatable bonds is 3. The largest absolute Gasteiger partial charge is 0.341 e. The van der Waals surface area contributed by atoms with Crippen LogP contribution in [0, 0.1) is 17.2 Å². The minimum Gasteiger partial charge on any atom is -0.341 e. The molecule has 0 aromatic carbocycles. The van der Waals surface area contributed by atoms with Crippen LogP contribution in [0.4, 0.5) is 0 Å². The molecule has 17 heavy (non-hydrogen) atoms. The number of hydrogen-bond acceptors (Lipinski definition) is 3. The summed E-state index contributed by atoms with van der Waals surface area (Å²) in [5, 5.41) is 8.88. The second kappa shape index (κ2) is 5.44. The van der Waals surface area contributed by atoms with Crippen molar-refractivity contribution in [3.05, 3.63) is 30.1 Å². The van der Waals surface area contributed by atoms with Crippen molar-refractivity contribution >= 4 is 5.91 Å². The van der Waals surface area contributed by atoms with Gasteiger partial charge in [-0.1, -0.05) is 0 Å². The molecule has 0 radical (unpaired) electrons. The zero-order valence-corrected chi connectivity index (χ0v) is 9.67. The van der Waals surface area contributed by atoms with Crippen LogP contribution in [0.1, 0.15) is 18.4 Å². The number of amides is 1. The van der Waals surface area contributed by atoms with E-state index < -0.39 is 0 Å². The van der Waals surface area contributed by atoms with Gasteiger partial charge in [-0.2, -0.15) is 5.26 Å².